The van der Waals surface area contributed by atoms with Crippen LogP contribution in [-0.2, 0) is 0 Å². The van der Waals surface area contributed by atoms with Crippen LogP contribution in [0.15, 0.2) is 49.4 Å². The van der Waals surface area contributed by atoms with Gasteiger partial charge in [-0.2, -0.15) is 0 Å². The fourth-order valence-electron chi connectivity index (χ4n) is 0.576. The van der Waals surface area contributed by atoms with Gasteiger partial charge in [0.2, 0.25) is 0 Å². The van der Waals surface area contributed by atoms with Crippen molar-refractivity contribution in [2.24, 2.45) is 0 Å². The third-order valence-electron chi connectivity index (χ3n) is 0.969. The normalized spacial score (nSPS) is 11.5. The average Bonchev–Trinajstić information content (AvgIpc) is 2.01. The monoisotopic (exact) mass is 151 g/mol. The van der Waals surface area contributed by atoms with Gasteiger partial charge in [0, 0.05) is 5.70 Å². The molecule has 0 aromatic heterocycles. The number of allylic oxidation sites excluding steroid dienone is 3. The van der Waals surface area contributed by atoms with E-state index in [0.29, 0.717) is 0 Å². The maximum Gasteiger partial charge on any atom is 0.0616 e. The molecule has 0 atom stereocenters. The van der Waals surface area contributed by atoms with Crippen molar-refractivity contribution >= 4 is 0 Å². The van der Waals surface area contributed by atoms with Crippen LogP contribution in [0.25, 0.3) is 0 Å². The first kappa shape index (κ1) is 9.72. The molecule has 0 saturated heterocycles. The van der Waals surface area contributed by atoms with E-state index in [4.69, 9.17) is 5.11 Å². The summed E-state index contributed by atoms with van der Waals surface area (Å²) in [7, 11) is 0. The second-order valence-corrected chi connectivity index (χ2v) is 1.79. The van der Waals surface area contributed by atoms with Crippen LogP contribution in [0.1, 0.15) is 0 Å². The van der Waals surface area contributed by atoms with Crippen LogP contribution >= 0.6 is 0 Å². The third kappa shape index (κ3) is 5.18. The molecule has 0 unspecified atom stereocenters. The van der Waals surface area contributed by atoms with Gasteiger partial charge in [-0.15, -0.1) is 0 Å². The van der Waals surface area contributed by atoms with Crippen molar-refractivity contribution in [3.05, 3.63) is 49.4 Å². The SMILES string of the molecule is C=C/C=C(\C=C/CO)NC=C. The van der Waals surface area contributed by atoms with Gasteiger partial charge in [-0.05, 0) is 18.4 Å². The number of hydrogen-bond acceptors (Lipinski definition) is 2. The Morgan fingerprint density at radius 1 is 1.45 bits per heavy atom. The molecule has 0 saturated carbocycles. The highest BCUT2D eigenvalue weighted by molar-refractivity contribution is 5.22. The van der Waals surface area contributed by atoms with E-state index in [1.165, 1.54) is 0 Å². The van der Waals surface area contributed by atoms with Crippen LogP contribution < -0.4 is 5.32 Å². The van der Waals surface area contributed by atoms with Crippen molar-refractivity contribution < 1.29 is 5.11 Å². The summed E-state index contributed by atoms with van der Waals surface area (Å²) < 4.78 is 0. The van der Waals surface area contributed by atoms with Crippen molar-refractivity contribution in [3.63, 3.8) is 0 Å². The summed E-state index contributed by atoms with van der Waals surface area (Å²) in [5.74, 6) is 0. The lowest BCUT2D eigenvalue weighted by Crippen LogP contribution is -2.00. The highest BCUT2D eigenvalue weighted by atomic mass is 16.2. The molecule has 0 aliphatic rings. The Labute approximate surface area is 67.2 Å². The first-order chi connectivity index (χ1) is 5.35. The highest BCUT2D eigenvalue weighted by Gasteiger charge is 1.82. The smallest absolute Gasteiger partial charge is 0.0616 e. The summed E-state index contributed by atoms with van der Waals surface area (Å²) in [5.41, 5.74) is 0.851. The molecule has 0 aromatic rings. The molecule has 0 aliphatic carbocycles. The van der Waals surface area contributed by atoms with E-state index in [9.17, 15) is 0 Å². The number of aliphatic hydroxyl groups is 1. The first-order valence-corrected chi connectivity index (χ1v) is 3.32. The van der Waals surface area contributed by atoms with E-state index in [1.807, 2.05) is 0 Å². The Balaban J connectivity index is 4.09. The summed E-state index contributed by atoms with van der Waals surface area (Å²) in [5, 5.41) is 11.3. The summed E-state index contributed by atoms with van der Waals surface area (Å²) >= 11 is 0. The van der Waals surface area contributed by atoms with Crippen molar-refractivity contribution in [1.29, 1.82) is 0 Å². The second kappa shape index (κ2) is 6.83. The zero-order valence-electron chi connectivity index (χ0n) is 6.46. The maximum atomic E-state index is 8.46. The highest BCUT2D eigenvalue weighted by Crippen LogP contribution is 1.91. The molecule has 0 spiro atoms. The van der Waals surface area contributed by atoms with E-state index >= 15 is 0 Å². The fraction of sp³-hybridized carbons (Fsp3) is 0.111. The lowest BCUT2D eigenvalue weighted by molar-refractivity contribution is 0.342. The molecule has 0 aliphatic heterocycles. The average molecular weight is 151 g/mol. The van der Waals surface area contributed by atoms with Gasteiger partial charge in [-0.3, -0.25) is 0 Å². The third-order valence-corrected chi connectivity index (χ3v) is 0.969. The van der Waals surface area contributed by atoms with Gasteiger partial charge in [0.1, 0.15) is 0 Å². The van der Waals surface area contributed by atoms with Gasteiger partial charge >= 0.3 is 0 Å². The van der Waals surface area contributed by atoms with Gasteiger partial charge in [0.25, 0.3) is 0 Å². The first-order valence-electron chi connectivity index (χ1n) is 3.32. The molecule has 0 rings (SSSR count). The lowest BCUT2D eigenvalue weighted by Gasteiger charge is -1.97. The van der Waals surface area contributed by atoms with E-state index in [0.717, 1.165) is 5.70 Å². The topological polar surface area (TPSA) is 32.3 Å². The Morgan fingerprint density at radius 2 is 2.18 bits per heavy atom. The summed E-state index contributed by atoms with van der Waals surface area (Å²) in [4.78, 5) is 0. The molecule has 60 valence electrons. The maximum absolute atomic E-state index is 8.46. The van der Waals surface area contributed by atoms with Gasteiger partial charge in [0.05, 0.1) is 6.61 Å². The van der Waals surface area contributed by atoms with Crippen molar-refractivity contribution in [1.82, 2.24) is 5.32 Å². The lowest BCUT2D eigenvalue weighted by atomic mass is 10.3. The molecule has 0 fully saturated rings. The fourth-order valence-corrected chi connectivity index (χ4v) is 0.576. The van der Waals surface area contributed by atoms with Crippen molar-refractivity contribution in [2.75, 3.05) is 6.61 Å². The zero-order valence-corrected chi connectivity index (χ0v) is 6.46. The van der Waals surface area contributed by atoms with Crippen LogP contribution in [0.4, 0.5) is 0 Å². The largest absolute Gasteiger partial charge is 0.392 e. The Hall–Kier alpha value is -1.28. The van der Waals surface area contributed by atoms with Gasteiger partial charge in [-0.1, -0.05) is 25.3 Å². The number of aliphatic hydroxyl groups excluding tert-OH is 1. The van der Waals surface area contributed by atoms with Crippen LogP contribution in [-0.4, -0.2) is 11.7 Å². The summed E-state index contributed by atoms with van der Waals surface area (Å²) in [6.07, 6.45) is 8.40. The summed E-state index contributed by atoms with van der Waals surface area (Å²) in [6.45, 7) is 7.09. The molecule has 2 heteroatoms. The standard InChI is InChI=1S/C9H13NO/c1-3-6-9(10-4-2)7-5-8-11/h3-7,10-11H,1-2,8H2/b7-5-,9-6+. The van der Waals surface area contributed by atoms with E-state index < -0.39 is 0 Å². The second-order valence-electron chi connectivity index (χ2n) is 1.79. The van der Waals surface area contributed by atoms with Gasteiger partial charge in [-0.25, -0.2) is 0 Å². The molecule has 0 heterocycles. The molecule has 0 aromatic carbocycles. The van der Waals surface area contributed by atoms with E-state index in [2.05, 4.69) is 18.5 Å². The van der Waals surface area contributed by atoms with Crippen molar-refractivity contribution in [2.45, 2.75) is 0 Å². The summed E-state index contributed by atoms with van der Waals surface area (Å²) in [6, 6.07) is 0. The molecule has 0 bridgehead atoms. The minimum absolute atomic E-state index is 0.0350. The molecular formula is C9H13NO. The van der Waals surface area contributed by atoms with Crippen LogP contribution in [0, 0.1) is 0 Å². The quantitative estimate of drug-likeness (QED) is 0.581. The molecule has 2 nitrogen and oxygen atoms in total. The van der Waals surface area contributed by atoms with Gasteiger partial charge < -0.3 is 10.4 Å². The minimum atomic E-state index is 0.0350. The van der Waals surface area contributed by atoms with Crippen LogP contribution in [0.3, 0.4) is 0 Å². The Kier molecular flexibility index (Phi) is 6.04. The van der Waals surface area contributed by atoms with Crippen LogP contribution in [0.2, 0.25) is 0 Å². The molecule has 0 amide bonds. The van der Waals surface area contributed by atoms with E-state index in [-0.39, 0.29) is 6.61 Å². The van der Waals surface area contributed by atoms with Crippen molar-refractivity contribution in [3.8, 4) is 0 Å². The number of hydrogen-bond donors (Lipinski definition) is 2. The Morgan fingerprint density at radius 3 is 2.64 bits per heavy atom. The minimum Gasteiger partial charge on any atom is -0.392 e. The van der Waals surface area contributed by atoms with Gasteiger partial charge in [0.15, 0.2) is 0 Å². The molecule has 2 N–H and O–H groups in total. The van der Waals surface area contributed by atoms with Crippen LogP contribution in [0.5, 0.6) is 0 Å². The molecule has 0 radical (unpaired) electrons. The molecular weight excluding hydrogens is 138 g/mol. The number of nitrogens with one attached hydrogen (secondary N) is 1. The molecule has 11 heavy (non-hydrogen) atoms. The Bertz CT molecular complexity index is 180. The number of rotatable bonds is 5. The van der Waals surface area contributed by atoms with E-state index in [1.54, 1.807) is 30.5 Å². The predicted octanol–water partition coefficient (Wildman–Crippen LogP) is 1.34. The predicted molar refractivity (Wildman–Crippen MR) is 47.8 cm³/mol. The zero-order chi connectivity index (χ0) is 8.53.